The van der Waals surface area contributed by atoms with Crippen molar-refractivity contribution in [1.82, 2.24) is 10.2 Å². The number of ether oxygens (including phenoxy) is 1. The Bertz CT molecular complexity index is 304. The van der Waals surface area contributed by atoms with E-state index in [0.29, 0.717) is 5.82 Å². The first kappa shape index (κ1) is 10.4. The molecule has 0 aliphatic carbocycles. The monoisotopic (exact) mass is 195 g/mol. The molecule has 5 nitrogen and oxygen atoms in total. The van der Waals surface area contributed by atoms with Crippen molar-refractivity contribution in [2.75, 3.05) is 26.7 Å². The number of nitrogens with one attached hydrogen (secondary N) is 1. The van der Waals surface area contributed by atoms with E-state index < -0.39 is 5.97 Å². The third kappa shape index (κ3) is 1.96. The van der Waals surface area contributed by atoms with Gasteiger partial charge in [0.1, 0.15) is 11.9 Å². The van der Waals surface area contributed by atoms with Crippen molar-refractivity contribution in [1.29, 1.82) is 5.26 Å². The molecule has 0 atom stereocenters. The summed E-state index contributed by atoms with van der Waals surface area (Å²) in [6.07, 6.45) is 0. The van der Waals surface area contributed by atoms with Crippen LogP contribution in [0.4, 0.5) is 0 Å². The number of likely N-dealkylation sites (N-methyl/N-ethyl adjacent to an activating group) is 1. The number of nitrogens with zero attached hydrogens (tertiary/aromatic N) is 2. The predicted molar refractivity (Wildman–Crippen MR) is 49.9 cm³/mol. The zero-order chi connectivity index (χ0) is 10.6. The quantitative estimate of drug-likeness (QED) is 0.376. The summed E-state index contributed by atoms with van der Waals surface area (Å²) in [5.41, 5.74) is 0.0480. The molecule has 1 aliphatic heterocycles. The molecule has 0 unspecified atom stereocenters. The van der Waals surface area contributed by atoms with E-state index in [4.69, 9.17) is 10.00 Å². The van der Waals surface area contributed by atoms with Gasteiger partial charge in [-0.25, -0.2) is 4.79 Å². The Morgan fingerprint density at radius 1 is 1.79 bits per heavy atom. The molecule has 1 saturated heterocycles. The van der Waals surface area contributed by atoms with Crippen LogP contribution in [-0.2, 0) is 9.53 Å². The Morgan fingerprint density at radius 3 is 2.93 bits per heavy atom. The van der Waals surface area contributed by atoms with E-state index in [0.717, 1.165) is 13.1 Å². The molecule has 0 bridgehead atoms. The van der Waals surface area contributed by atoms with Crippen LogP contribution in [0, 0.1) is 11.3 Å². The summed E-state index contributed by atoms with van der Waals surface area (Å²) in [7, 11) is 1.83. The second kappa shape index (κ2) is 4.51. The average molecular weight is 195 g/mol. The van der Waals surface area contributed by atoms with E-state index in [1.54, 1.807) is 6.92 Å². The molecule has 14 heavy (non-hydrogen) atoms. The third-order valence-corrected chi connectivity index (χ3v) is 1.95. The van der Waals surface area contributed by atoms with Crippen molar-refractivity contribution in [3.63, 3.8) is 0 Å². The molecule has 0 spiro atoms. The van der Waals surface area contributed by atoms with Crippen LogP contribution in [-0.4, -0.2) is 37.6 Å². The zero-order valence-corrected chi connectivity index (χ0v) is 8.33. The number of hydrogen-bond donors (Lipinski definition) is 1. The van der Waals surface area contributed by atoms with Crippen molar-refractivity contribution in [3.05, 3.63) is 11.4 Å². The molecule has 0 radical (unpaired) electrons. The molecule has 1 aliphatic rings. The highest BCUT2D eigenvalue weighted by atomic mass is 16.5. The third-order valence-electron chi connectivity index (χ3n) is 1.95. The Labute approximate surface area is 82.9 Å². The van der Waals surface area contributed by atoms with Crippen LogP contribution in [0.1, 0.15) is 6.92 Å². The number of hydrogen-bond acceptors (Lipinski definition) is 5. The van der Waals surface area contributed by atoms with Gasteiger partial charge in [0.15, 0.2) is 5.57 Å². The summed E-state index contributed by atoms with van der Waals surface area (Å²) < 4.78 is 4.77. The van der Waals surface area contributed by atoms with E-state index in [9.17, 15) is 4.79 Å². The molecule has 1 fully saturated rings. The van der Waals surface area contributed by atoms with Crippen LogP contribution in [0.25, 0.3) is 0 Å². The van der Waals surface area contributed by atoms with Crippen molar-refractivity contribution in [2.45, 2.75) is 6.92 Å². The van der Waals surface area contributed by atoms with Crippen LogP contribution < -0.4 is 5.32 Å². The Hall–Kier alpha value is -1.70. The molecule has 0 aromatic carbocycles. The van der Waals surface area contributed by atoms with Crippen LogP contribution in [0.5, 0.6) is 0 Å². The van der Waals surface area contributed by atoms with Gasteiger partial charge in [-0.3, -0.25) is 0 Å². The number of nitriles is 1. The molecule has 5 heteroatoms. The van der Waals surface area contributed by atoms with E-state index in [-0.39, 0.29) is 12.2 Å². The van der Waals surface area contributed by atoms with Gasteiger partial charge in [-0.1, -0.05) is 0 Å². The average Bonchev–Trinajstić information content (AvgIpc) is 2.54. The fourth-order valence-electron chi connectivity index (χ4n) is 1.27. The molecule has 1 rings (SSSR count). The first-order valence-electron chi connectivity index (χ1n) is 4.47. The smallest absolute Gasteiger partial charge is 0.352 e. The van der Waals surface area contributed by atoms with E-state index in [1.807, 2.05) is 18.0 Å². The normalized spacial score (nSPS) is 18.5. The van der Waals surface area contributed by atoms with Gasteiger partial charge in [-0.15, -0.1) is 0 Å². The highest BCUT2D eigenvalue weighted by molar-refractivity contribution is 5.93. The summed E-state index contributed by atoms with van der Waals surface area (Å²) in [5, 5.41) is 11.8. The maximum absolute atomic E-state index is 11.3. The highest BCUT2D eigenvalue weighted by Crippen LogP contribution is 2.10. The molecule has 1 heterocycles. The van der Waals surface area contributed by atoms with Crippen molar-refractivity contribution in [3.8, 4) is 6.07 Å². The summed E-state index contributed by atoms with van der Waals surface area (Å²) in [5.74, 6) is -0.00259. The Balaban J connectivity index is 2.90. The van der Waals surface area contributed by atoms with Crippen LogP contribution in [0.2, 0.25) is 0 Å². The molecule has 1 N–H and O–H groups in total. The Morgan fingerprint density at radius 2 is 2.50 bits per heavy atom. The maximum atomic E-state index is 11.3. The summed E-state index contributed by atoms with van der Waals surface area (Å²) in [4.78, 5) is 13.2. The number of esters is 1. The van der Waals surface area contributed by atoms with Crippen LogP contribution >= 0.6 is 0 Å². The van der Waals surface area contributed by atoms with Gasteiger partial charge >= 0.3 is 5.97 Å². The molecular formula is C9H13N3O2. The number of rotatable bonds is 2. The fourth-order valence-corrected chi connectivity index (χ4v) is 1.27. The molecular weight excluding hydrogens is 182 g/mol. The van der Waals surface area contributed by atoms with E-state index in [2.05, 4.69) is 5.32 Å². The summed E-state index contributed by atoms with van der Waals surface area (Å²) >= 11 is 0. The first-order valence-corrected chi connectivity index (χ1v) is 4.47. The minimum atomic E-state index is -0.564. The van der Waals surface area contributed by atoms with Gasteiger partial charge < -0.3 is 15.0 Å². The van der Waals surface area contributed by atoms with Gasteiger partial charge in [0.05, 0.1) is 6.61 Å². The van der Waals surface area contributed by atoms with E-state index in [1.165, 1.54) is 0 Å². The fraction of sp³-hybridized carbons (Fsp3) is 0.556. The van der Waals surface area contributed by atoms with Crippen LogP contribution in [0.15, 0.2) is 11.4 Å². The molecule has 76 valence electrons. The SMILES string of the molecule is CCOC(=O)C(C#N)=C1NCCN1C. The topological polar surface area (TPSA) is 65.4 Å². The lowest BCUT2D eigenvalue weighted by atomic mass is 10.3. The predicted octanol–water partition coefficient (Wildman–Crippen LogP) is -0.180. The lowest BCUT2D eigenvalue weighted by Crippen LogP contribution is -2.21. The van der Waals surface area contributed by atoms with Gasteiger partial charge in [0.2, 0.25) is 0 Å². The van der Waals surface area contributed by atoms with Gasteiger partial charge in [0, 0.05) is 20.1 Å². The standard InChI is InChI=1S/C9H13N3O2/c1-3-14-9(13)7(6-10)8-11-4-5-12(8)2/h11H,3-5H2,1-2H3. The molecule has 0 aromatic heterocycles. The number of carbonyl (C=O) groups excluding carboxylic acids is 1. The molecule has 0 amide bonds. The lowest BCUT2D eigenvalue weighted by molar-refractivity contribution is -0.138. The minimum absolute atomic E-state index is 0.0480. The van der Waals surface area contributed by atoms with Crippen molar-refractivity contribution >= 4 is 5.97 Å². The first-order chi connectivity index (χ1) is 6.70. The minimum Gasteiger partial charge on any atom is -0.462 e. The van der Waals surface area contributed by atoms with Gasteiger partial charge in [-0.05, 0) is 6.92 Å². The highest BCUT2D eigenvalue weighted by Gasteiger charge is 2.22. The van der Waals surface area contributed by atoms with Gasteiger partial charge in [-0.2, -0.15) is 5.26 Å². The molecule has 0 saturated carbocycles. The van der Waals surface area contributed by atoms with E-state index >= 15 is 0 Å². The summed E-state index contributed by atoms with van der Waals surface area (Å²) in [6, 6.07) is 1.86. The number of carbonyl (C=O) groups is 1. The maximum Gasteiger partial charge on any atom is 0.352 e. The Kier molecular flexibility index (Phi) is 3.35. The van der Waals surface area contributed by atoms with Crippen molar-refractivity contribution in [2.24, 2.45) is 0 Å². The van der Waals surface area contributed by atoms with Crippen LogP contribution in [0.3, 0.4) is 0 Å². The van der Waals surface area contributed by atoms with Gasteiger partial charge in [0.25, 0.3) is 0 Å². The summed E-state index contributed by atoms with van der Waals surface area (Å²) in [6.45, 7) is 3.53. The largest absolute Gasteiger partial charge is 0.462 e. The second-order valence-electron chi connectivity index (χ2n) is 2.90. The lowest BCUT2D eigenvalue weighted by Gasteiger charge is -2.12. The molecule has 0 aromatic rings. The second-order valence-corrected chi connectivity index (χ2v) is 2.90. The zero-order valence-electron chi connectivity index (χ0n) is 8.33. The van der Waals surface area contributed by atoms with Crippen molar-refractivity contribution < 1.29 is 9.53 Å².